The Morgan fingerprint density at radius 1 is 1.40 bits per heavy atom. The van der Waals surface area contributed by atoms with Crippen LogP contribution in [0.4, 0.5) is 4.39 Å². The van der Waals surface area contributed by atoms with E-state index < -0.39 is 17.2 Å². The maximum atomic E-state index is 13.8. The first-order valence-electron chi connectivity index (χ1n) is 6.24. The number of para-hydroxylation sites is 1. The molecular weight excluding hydrogens is 261 g/mol. The largest absolute Gasteiger partial charge is 0.481 e. The molecule has 0 aliphatic rings. The fourth-order valence-electron chi connectivity index (χ4n) is 2.25. The molecule has 5 heteroatoms. The Labute approximate surface area is 115 Å². The van der Waals surface area contributed by atoms with Gasteiger partial charge >= 0.3 is 5.97 Å². The lowest BCUT2D eigenvalue weighted by molar-refractivity contribution is -0.146. The molecule has 1 aromatic carbocycles. The van der Waals surface area contributed by atoms with Crippen molar-refractivity contribution < 1.29 is 14.3 Å². The van der Waals surface area contributed by atoms with Crippen molar-refractivity contribution in [1.29, 1.82) is 0 Å². The Morgan fingerprint density at radius 2 is 2.05 bits per heavy atom. The van der Waals surface area contributed by atoms with Crippen molar-refractivity contribution in [3.05, 3.63) is 46.0 Å². The number of fused-ring (bicyclic) bond motifs is 1. The first kappa shape index (κ1) is 14.2. The summed E-state index contributed by atoms with van der Waals surface area (Å²) in [6.45, 7) is 3.12. The van der Waals surface area contributed by atoms with Crippen LogP contribution in [0.2, 0.25) is 0 Å². The molecule has 0 aliphatic heterocycles. The van der Waals surface area contributed by atoms with E-state index in [9.17, 15) is 14.0 Å². The topological polar surface area (TPSA) is 59.3 Å². The summed E-state index contributed by atoms with van der Waals surface area (Å²) in [6.07, 6.45) is 0.0987. The number of hydrogen-bond donors (Lipinski definition) is 1. The molecule has 0 amide bonds. The van der Waals surface area contributed by atoms with E-state index in [1.54, 1.807) is 32.0 Å². The first-order chi connectivity index (χ1) is 9.24. The average Bonchev–Trinajstić information content (AvgIpc) is 2.35. The molecule has 0 unspecified atom stereocenters. The highest BCUT2D eigenvalue weighted by Gasteiger charge is 2.29. The van der Waals surface area contributed by atoms with Crippen LogP contribution in [0, 0.1) is 11.2 Å². The predicted octanol–water partition coefficient (Wildman–Crippen LogP) is 2.33. The molecule has 2 aromatic rings. The third-order valence-corrected chi connectivity index (χ3v) is 3.47. The summed E-state index contributed by atoms with van der Waals surface area (Å²) in [5.74, 6) is -1.44. The predicted molar refractivity (Wildman–Crippen MR) is 74.3 cm³/mol. The lowest BCUT2D eigenvalue weighted by Crippen LogP contribution is -2.31. The van der Waals surface area contributed by atoms with Gasteiger partial charge in [0.25, 0.3) is 5.56 Å². The molecule has 2 rings (SSSR count). The molecule has 0 atom stereocenters. The minimum atomic E-state index is -1.05. The van der Waals surface area contributed by atoms with Crippen molar-refractivity contribution in [2.45, 2.75) is 20.3 Å². The zero-order valence-electron chi connectivity index (χ0n) is 11.6. The zero-order chi connectivity index (χ0) is 15.1. The van der Waals surface area contributed by atoms with Gasteiger partial charge in [-0.3, -0.25) is 9.59 Å². The van der Waals surface area contributed by atoms with Crippen LogP contribution in [0.1, 0.15) is 19.4 Å². The molecule has 1 N–H and O–H groups in total. The number of pyridine rings is 1. The number of carboxylic acids is 1. The van der Waals surface area contributed by atoms with Gasteiger partial charge in [-0.2, -0.15) is 0 Å². The molecule has 20 heavy (non-hydrogen) atoms. The molecule has 0 spiro atoms. The van der Waals surface area contributed by atoms with Gasteiger partial charge in [-0.25, -0.2) is 4.39 Å². The van der Waals surface area contributed by atoms with Gasteiger partial charge in [0.15, 0.2) is 0 Å². The molecule has 0 saturated heterocycles. The van der Waals surface area contributed by atoms with Crippen LogP contribution in [0.3, 0.4) is 0 Å². The van der Waals surface area contributed by atoms with Gasteiger partial charge in [0, 0.05) is 18.0 Å². The van der Waals surface area contributed by atoms with Crippen LogP contribution >= 0.6 is 0 Å². The lowest BCUT2D eigenvalue weighted by Gasteiger charge is -2.19. The molecule has 4 nitrogen and oxygen atoms in total. The Hall–Kier alpha value is -2.17. The highest BCUT2D eigenvalue weighted by Crippen LogP contribution is 2.23. The van der Waals surface area contributed by atoms with E-state index in [4.69, 9.17) is 5.11 Å². The zero-order valence-corrected chi connectivity index (χ0v) is 11.6. The van der Waals surface area contributed by atoms with E-state index in [-0.39, 0.29) is 17.5 Å². The molecule has 106 valence electrons. The molecule has 0 radical (unpaired) electrons. The molecule has 1 heterocycles. The maximum absolute atomic E-state index is 13.8. The number of nitrogens with zero attached hydrogens (tertiary/aromatic N) is 1. The second-order valence-corrected chi connectivity index (χ2v) is 5.58. The summed E-state index contributed by atoms with van der Waals surface area (Å²) in [5, 5.41) is 9.74. The molecule has 0 fully saturated rings. The smallest absolute Gasteiger partial charge is 0.309 e. The van der Waals surface area contributed by atoms with Crippen LogP contribution in [-0.2, 0) is 18.3 Å². The Kier molecular flexibility index (Phi) is 3.38. The van der Waals surface area contributed by atoms with Crippen molar-refractivity contribution in [2.75, 3.05) is 0 Å². The summed E-state index contributed by atoms with van der Waals surface area (Å²) in [6, 6.07) is 6.14. The molecular formula is C15H16FNO3. The van der Waals surface area contributed by atoms with Gasteiger partial charge in [0.2, 0.25) is 0 Å². The summed E-state index contributed by atoms with van der Waals surface area (Å²) in [4.78, 5) is 23.4. The number of hydrogen-bond acceptors (Lipinski definition) is 2. The summed E-state index contributed by atoms with van der Waals surface area (Å²) < 4.78 is 15.0. The van der Waals surface area contributed by atoms with Crippen molar-refractivity contribution in [1.82, 2.24) is 4.57 Å². The molecule has 0 bridgehead atoms. The number of carbonyl (C=O) groups is 1. The van der Waals surface area contributed by atoms with Crippen molar-refractivity contribution in [3.8, 4) is 0 Å². The van der Waals surface area contributed by atoms with Gasteiger partial charge < -0.3 is 9.67 Å². The highest BCUT2D eigenvalue weighted by atomic mass is 19.1. The van der Waals surface area contributed by atoms with Crippen LogP contribution < -0.4 is 5.56 Å². The monoisotopic (exact) mass is 277 g/mol. The first-order valence-corrected chi connectivity index (χ1v) is 6.24. The minimum absolute atomic E-state index is 0.0987. The molecule has 0 aliphatic carbocycles. The minimum Gasteiger partial charge on any atom is -0.481 e. The third-order valence-electron chi connectivity index (χ3n) is 3.47. The average molecular weight is 277 g/mol. The van der Waals surface area contributed by atoms with Crippen LogP contribution in [0.15, 0.2) is 29.1 Å². The van der Waals surface area contributed by atoms with Crippen molar-refractivity contribution >= 4 is 16.9 Å². The molecule has 1 aromatic heterocycles. The SMILES string of the molecule is Cn1c(=O)c(CC(C)(C)C(=O)O)cc2cccc(F)c21. The quantitative estimate of drug-likeness (QED) is 0.936. The summed E-state index contributed by atoms with van der Waals surface area (Å²) in [5.41, 5.74) is -0.808. The Bertz CT molecular complexity index is 747. The van der Waals surface area contributed by atoms with Gasteiger partial charge in [-0.15, -0.1) is 0 Å². The Balaban J connectivity index is 2.66. The van der Waals surface area contributed by atoms with Crippen molar-refractivity contribution in [2.24, 2.45) is 12.5 Å². The number of halogens is 1. The second kappa shape index (κ2) is 4.74. The summed E-state index contributed by atoms with van der Waals surface area (Å²) in [7, 11) is 1.49. The fraction of sp³-hybridized carbons (Fsp3) is 0.333. The maximum Gasteiger partial charge on any atom is 0.309 e. The van der Waals surface area contributed by atoms with E-state index in [2.05, 4.69) is 0 Å². The van der Waals surface area contributed by atoms with Crippen LogP contribution in [-0.4, -0.2) is 15.6 Å². The van der Waals surface area contributed by atoms with Crippen molar-refractivity contribution in [3.63, 3.8) is 0 Å². The van der Waals surface area contributed by atoms with E-state index in [0.29, 0.717) is 10.9 Å². The van der Waals surface area contributed by atoms with Gasteiger partial charge in [0.1, 0.15) is 5.82 Å². The number of benzene rings is 1. The third kappa shape index (κ3) is 2.31. The number of aromatic nitrogens is 1. The van der Waals surface area contributed by atoms with Gasteiger partial charge in [-0.1, -0.05) is 12.1 Å². The number of rotatable bonds is 3. The van der Waals surface area contributed by atoms with Gasteiger partial charge in [-0.05, 0) is 32.4 Å². The second-order valence-electron chi connectivity index (χ2n) is 5.58. The number of aryl methyl sites for hydroxylation is 1. The molecule has 0 saturated carbocycles. The van der Waals surface area contributed by atoms with E-state index in [1.807, 2.05) is 0 Å². The summed E-state index contributed by atoms with van der Waals surface area (Å²) >= 11 is 0. The van der Waals surface area contributed by atoms with Gasteiger partial charge in [0.05, 0.1) is 10.9 Å². The van der Waals surface area contributed by atoms with E-state index in [0.717, 1.165) is 0 Å². The Morgan fingerprint density at radius 3 is 2.65 bits per heavy atom. The van der Waals surface area contributed by atoms with E-state index >= 15 is 0 Å². The highest BCUT2D eigenvalue weighted by molar-refractivity contribution is 5.80. The van der Waals surface area contributed by atoms with Crippen LogP contribution in [0.25, 0.3) is 10.9 Å². The van der Waals surface area contributed by atoms with E-state index in [1.165, 1.54) is 17.7 Å². The number of carboxylic acid groups (broad SMARTS) is 1. The standard InChI is InChI=1S/C15H16FNO3/c1-15(2,14(19)20)8-10-7-9-5-4-6-11(16)12(9)17(3)13(10)18/h4-7H,8H2,1-3H3,(H,19,20). The fourth-order valence-corrected chi connectivity index (χ4v) is 2.25. The normalized spacial score (nSPS) is 11.8. The lowest BCUT2D eigenvalue weighted by atomic mass is 9.86. The van der Waals surface area contributed by atoms with Crippen LogP contribution in [0.5, 0.6) is 0 Å². The number of aliphatic carboxylic acids is 1.